The first-order chi connectivity index (χ1) is 10.2. The number of aromatic nitrogens is 3. The zero-order valence-electron chi connectivity index (χ0n) is 12.3. The van der Waals surface area contributed by atoms with E-state index in [0.717, 1.165) is 18.0 Å². The lowest BCUT2D eigenvalue weighted by Gasteiger charge is -2.23. The predicted octanol–water partition coefficient (Wildman–Crippen LogP) is 1.79. The van der Waals surface area contributed by atoms with Gasteiger partial charge in [0.1, 0.15) is 25.9 Å². The van der Waals surface area contributed by atoms with Gasteiger partial charge in [-0.2, -0.15) is 5.10 Å². The Morgan fingerprint density at radius 1 is 1.24 bits per heavy atom. The lowest BCUT2D eigenvalue weighted by Crippen LogP contribution is -2.32. The molecule has 0 aliphatic carbocycles. The molecule has 0 amide bonds. The van der Waals surface area contributed by atoms with Crippen molar-refractivity contribution < 1.29 is 9.47 Å². The smallest absolute Gasteiger partial charge is 0.161 e. The first kappa shape index (κ1) is 13.9. The molecule has 1 aliphatic rings. The minimum Gasteiger partial charge on any atom is -0.486 e. The fourth-order valence-electron chi connectivity index (χ4n) is 2.51. The van der Waals surface area contributed by atoms with Crippen LogP contribution in [0.5, 0.6) is 11.5 Å². The lowest BCUT2D eigenvalue weighted by molar-refractivity contribution is 0.171. The van der Waals surface area contributed by atoms with Crippen LogP contribution in [0.2, 0.25) is 0 Å². The van der Waals surface area contributed by atoms with Crippen LogP contribution >= 0.6 is 0 Å². The molecule has 2 atom stereocenters. The Morgan fingerprint density at radius 2 is 2.05 bits per heavy atom. The summed E-state index contributed by atoms with van der Waals surface area (Å²) in [6, 6.07) is 6.61. The van der Waals surface area contributed by atoms with Crippen LogP contribution in [0.3, 0.4) is 0 Å². The Bertz CT molecular complexity index is 585. The maximum atomic E-state index is 5.63. The van der Waals surface area contributed by atoms with E-state index in [2.05, 4.69) is 35.3 Å². The van der Waals surface area contributed by atoms with E-state index in [1.54, 1.807) is 12.7 Å². The third-order valence-electron chi connectivity index (χ3n) is 3.53. The monoisotopic (exact) mass is 288 g/mol. The van der Waals surface area contributed by atoms with Gasteiger partial charge in [-0.25, -0.2) is 4.98 Å². The van der Waals surface area contributed by atoms with Crippen LogP contribution in [0.1, 0.15) is 25.5 Å². The summed E-state index contributed by atoms with van der Waals surface area (Å²) in [5.41, 5.74) is 1.18. The van der Waals surface area contributed by atoms with Crippen LogP contribution in [0.15, 0.2) is 30.9 Å². The molecule has 0 spiro atoms. The average Bonchev–Trinajstić information content (AvgIpc) is 2.99. The van der Waals surface area contributed by atoms with Gasteiger partial charge < -0.3 is 14.8 Å². The molecule has 2 heterocycles. The van der Waals surface area contributed by atoms with Gasteiger partial charge in [-0.15, -0.1) is 0 Å². The summed E-state index contributed by atoms with van der Waals surface area (Å²) in [6.45, 7) is 6.30. The van der Waals surface area contributed by atoms with E-state index in [4.69, 9.17) is 9.47 Å². The number of ether oxygens (including phenoxy) is 2. The molecule has 6 nitrogen and oxygen atoms in total. The van der Waals surface area contributed by atoms with Crippen LogP contribution in [0, 0.1) is 0 Å². The van der Waals surface area contributed by atoms with E-state index in [0.29, 0.717) is 13.2 Å². The molecule has 2 aromatic rings. The van der Waals surface area contributed by atoms with E-state index in [1.165, 1.54) is 5.56 Å². The third kappa shape index (κ3) is 3.33. The summed E-state index contributed by atoms with van der Waals surface area (Å²) < 4.78 is 13.0. The van der Waals surface area contributed by atoms with E-state index in [1.807, 2.05) is 16.8 Å². The molecule has 0 radical (unpaired) electrons. The van der Waals surface area contributed by atoms with Gasteiger partial charge >= 0.3 is 0 Å². The molecule has 0 bridgehead atoms. The standard InChI is InChI=1S/C15H20N4O2/c1-11(8-19-10-16-9-17-19)18-12(2)13-3-4-14-15(7-13)21-6-5-20-14/h3-4,7,9-12,18H,5-6,8H2,1-2H3. The highest BCUT2D eigenvalue weighted by Crippen LogP contribution is 2.32. The van der Waals surface area contributed by atoms with Gasteiger partial charge in [0.05, 0.1) is 6.54 Å². The van der Waals surface area contributed by atoms with Gasteiger partial charge in [-0.1, -0.05) is 6.07 Å². The lowest BCUT2D eigenvalue weighted by atomic mass is 10.1. The molecule has 0 saturated carbocycles. The summed E-state index contributed by atoms with van der Waals surface area (Å²) in [5.74, 6) is 1.66. The van der Waals surface area contributed by atoms with Gasteiger partial charge in [0.2, 0.25) is 0 Å². The quantitative estimate of drug-likeness (QED) is 0.909. The van der Waals surface area contributed by atoms with E-state index in [-0.39, 0.29) is 12.1 Å². The third-order valence-corrected chi connectivity index (χ3v) is 3.53. The van der Waals surface area contributed by atoms with Crippen LogP contribution in [-0.4, -0.2) is 34.0 Å². The summed E-state index contributed by atoms with van der Waals surface area (Å²) in [4.78, 5) is 3.95. The fraction of sp³-hybridized carbons (Fsp3) is 0.467. The van der Waals surface area contributed by atoms with Gasteiger partial charge in [0, 0.05) is 12.1 Å². The maximum absolute atomic E-state index is 5.63. The molecule has 21 heavy (non-hydrogen) atoms. The van der Waals surface area contributed by atoms with Gasteiger partial charge in [0.25, 0.3) is 0 Å². The van der Waals surface area contributed by atoms with E-state index in [9.17, 15) is 0 Å². The molecule has 1 aromatic carbocycles. The van der Waals surface area contributed by atoms with E-state index < -0.39 is 0 Å². The second-order valence-corrected chi connectivity index (χ2v) is 5.31. The number of nitrogens with zero attached hydrogens (tertiary/aromatic N) is 3. The minimum absolute atomic E-state index is 0.222. The van der Waals surface area contributed by atoms with Crippen molar-refractivity contribution >= 4 is 0 Å². The summed E-state index contributed by atoms with van der Waals surface area (Å²) in [7, 11) is 0. The van der Waals surface area contributed by atoms with Crippen LogP contribution in [0.25, 0.3) is 0 Å². The number of nitrogens with one attached hydrogen (secondary N) is 1. The maximum Gasteiger partial charge on any atom is 0.161 e. The summed E-state index contributed by atoms with van der Waals surface area (Å²) >= 11 is 0. The van der Waals surface area contributed by atoms with Crippen molar-refractivity contribution in [2.45, 2.75) is 32.5 Å². The van der Waals surface area contributed by atoms with Crippen LogP contribution in [-0.2, 0) is 6.54 Å². The SMILES string of the molecule is CC(Cn1cncn1)NC(C)c1ccc2c(c1)OCCO2. The van der Waals surface area contributed by atoms with Crippen molar-refractivity contribution in [1.82, 2.24) is 20.1 Å². The molecule has 0 fully saturated rings. The Balaban J connectivity index is 1.63. The molecule has 1 aromatic heterocycles. The predicted molar refractivity (Wildman–Crippen MR) is 78.5 cm³/mol. The zero-order chi connectivity index (χ0) is 14.7. The van der Waals surface area contributed by atoms with Crippen LogP contribution in [0.4, 0.5) is 0 Å². The molecule has 6 heteroatoms. The number of hydrogen-bond donors (Lipinski definition) is 1. The summed E-state index contributed by atoms with van der Waals surface area (Å²) in [5, 5.41) is 7.68. The van der Waals surface area contributed by atoms with Crippen molar-refractivity contribution in [1.29, 1.82) is 0 Å². The Morgan fingerprint density at radius 3 is 2.81 bits per heavy atom. The van der Waals surface area contributed by atoms with Gasteiger partial charge in [0.15, 0.2) is 11.5 Å². The Labute approximate surface area is 124 Å². The molecule has 3 rings (SSSR count). The van der Waals surface area contributed by atoms with Gasteiger partial charge in [-0.05, 0) is 31.5 Å². The highest BCUT2D eigenvalue weighted by molar-refractivity contribution is 5.44. The van der Waals surface area contributed by atoms with Crippen molar-refractivity contribution in [3.63, 3.8) is 0 Å². The van der Waals surface area contributed by atoms with Crippen molar-refractivity contribution in [2.24, 2.45) is 0 Å². The topological polar surface area (TPSA) is 61.2 Å². The van der Waals surface area contributed by atoms with Crippen molar-refractivity contribution in [2.75, 3.05) is 13.2 Å². The summed E-state index contributed by atoms with van der Waals surface area (Å²) in [6.07, 6.45) is 3.28. The molecular formula is C15H20N4O2. The highest BCUT2D eigenvalue weighted by atomic mass is 16.6. The number of hydrogen-bond acceptors (Lipinski definition) is 5. The average molecular weight is 288 g/mol. The highest BCUT2D eigenvalue weighted by Gasteiger charge is 2.15. The first-order valence-electron chi connectivity index (χ1n) is 7.20. The molecule has 112 valence electrons. The normalized spacial score (nSPS) is 16.5. The Hall–Kier alpha value is -2.08. The second-order valence-electron chi connectivity index (χ2n) is 5.31. The molecule has 1 aliphatic heterocycles. The number of rotatable bonds is 5. The van der Waals surface area contributed by atoms with E-state index >= 15 is 0 Å². The molecule has 0 saturated heterocycles. The molecule has 1 N–H and O–H groups in total. The number of fused-ring (bicyclic) bond motifs is 1. The second kappa shape index (κ2) is 6.13. The molecule has 2 unspecified atom stereocenters. The number of benzene rings is 1. The largest absolute Gasteiger partial charge is 0.486 e. The van der Waals surface area contributed by atoms with Crippen molar-refractivity contribution in [3.8, 4) is 11.5 Å². The van der Waals surface area contributed by atoms with Gasteiger partial charge in [-0.3, -0.25) is 4.68 Å². The first-order valence-corrected chi connectivity index (χ1v) is 7.20. The molecular weight excluding hydrogens is 268 g/mol. The fourth-order valence-corrected chi connectivity index (χ4v) is 2.51. The zero-order valence-corrected chi connectivity index (χ0v) is 12.3. The van der Waals surface area contributed by atoms with Crippen LogP contribution < -0.4 is 14.8 Å². The minimum atomic E-state index is 0.222. The Kier molecular flexibility index (Phi) is 4.06. The van der Waals surface area contributed by atoms with Crippen molar-refractivity contribution in [3.05, 3.63) is 36.4 Å².